The molecule has 3 aromatic carbocycles. The molecule has 7 nitrogen and oxygen atoms in total. The van der Waals surface area contributed by atoms with Gasteiger partial charge in [0, 0.05) is 21.7 Å². The van der Waals surface area contributed by atoms with Gasteiger partial charge in [-0.05, 0) is 64.8 Å². The van der Waals surface area contributed by atoms with E-state index in [1.165, 1.54) is 11.3 Å². The predicted octanol–water partition coefficient (Wildman–Crippen LogP) is 6.62. The van der Waals surface area contributed by atoms with Gasteiger partial charge in [0.15, 0.2) is 4.80 Å². The van der Waals surface area contributed by atoms with Crippen molar-refractivity contribution in [3.63, 3.8) is 0 Å². The number of thiazole rings is 1. The molecule has 0 unspecified atom stereocenters. The van der Waals surface area contributed by atoms with Gasteiger partial charge in [-0.15, -0.1) is 0 Å². The van der Waals surface area contributed by atoms with Gasteiger partial charge in [0.05, 0.1) is 40.6 Å². The highest BCUT2D eigenvalue weighted by Gasteiger charge is 2.35. The van der Waals surface area contributed by atoms with E-state index in [-0.39, 0.29) is 17.7 Å². The molecule has 0 radical (unpaired) electrons. The second-order valence-corrected chi connectivity index (χ2v) is 11.8. The third-order valence-electron chi connectivity index (χ3n) is 6.91. The average molecular weight is 676 g/mol. The number of furan rings is 1. The van der Waals surface area contributed by atoms with E-state index in [0.717, 1.165) is 15.6 Å². The van der Waals surface area contributed by atoms with Gasteiger partial charge in [0.2, 0.25) is 0 Å². The fourth-order valence-corrected chi connectivity index (χ4v) is 6.31. The number of carbonyl (C=O) groups excluding carboxylic acids is 1. The zero-order valence-corrected chi connectivity index (χ0v) is 26.2. The van der Waals surface area contributed by atoms with Crippen molar-refractivity contribution >= 4 is 56.6 Å². The quantitative estimate of drug-likeness (QED) is 0.181. The van der Waals surface area contributed by atoms with E-state index in [9.17, 15) is 9.59 Å². The van der Waals surface area contributed by atoms with Crippen molar-refractivity contribution < 1.29 is 18.7 Å². The molecule has 3 heterocycles. The van der Waals surface area contributed by atoms with Crippen LogP contribution < -0.4 is 19.6 Å². The number of aromatic nitrogens is 1. The monoisotopic (exact) mass is 674 g/mol. The van der Waals surface area contributed by atoms with Gasteiger partial charge in [-0.3, -0.25) is 9.36 Å². The summed E-state index contributed by atoms with van der Waals surface area (Å²) in [5.74, 6) is 1.22. The molecule has 0 amide bonds. The van der Waals surface area contributed by atoms with E-state index in [0.29, 0.717) is 42.9 Å². The summed E-state index contributed by atoms with van der Waals surface area (Å²) in [6.45, 7) is 1.92. The molecule has 1 aliphatic heterocycles. The van der Waals surface area contributed by atoms with Gasteiger partial charge in [-0.25, -0.2) is 9.79 Å². The molecule has 2 aromatic heterocycles. The van der Waals surface area contributed by atoms with Crippen molar-refractivity contribution in [3.8, 4) is 17.1 Å². The summed E-state index contributed by atoms with van der Waals surface area (Å²) in [6, 6.07) is 25.1. The van der Waals surface area contributed by atoms with Crippen LogP contribution in [0, 0.1) is 0 Å². The second-order valence-electron chi connectivity index (χ2n) is 9.54. The minimum Gasteiger partial charge on any atom is -0.497 e. The highest BCUT2D eigenvalue weighted by molar-refractivity contribution is 9.10. The smallest absolute Gasteiger partial charge is 0.338 e. The fraction of sp³-hybridized carbons (Fsp3) is 0.121. The summed E-state index contributed by atoms with van der Waals surface area (Å²) < 4.78 is 19.7. The number of benzene rings is 3. The summed E-state index contributed by atoms with van der Waals surface area (Å²) in [5.41, 5.74) is 2.70. The number of nitrogens with zero attached hydrogens (tertiary/aromatic N) is 2. The lowest BCUT2D eigenvalue weighted by atomic mass is 9.93. The number of halogens is 2. The molecule has 1 atom stereocenters. The maximum absolute atomic E-state index is 14.1. The molecule has 6 rings (SSSR count). The molecule has 216 valence electrons. The van der Waals surface area contributed by atoms with Crippen LogP contribution in [-0.2, 0) is 9.53 Å². The van der Waals surface area contributed by atoms with Gasteiger partial charge >= 0.3 is 5.97 Å². The van der Waals surface area contributed by atoms with E-state index in [4.69, 9.17) is 30.5 Å². The first kappa shape index (κ1) is 28.9. The Balaban J connectivity index is 1.55. The van der Waals surface area contributed by atoms with E-state index in [1.807, 2.05) is 60.7 Å². The number of methoxy groups -OCH3 is 1. The number of rotatable bonds is 7. The highest BCUT2D eigenvalue weighted by atomic mass is 79.9. The lowest BCUT2D eigenvalue weighted by molar-refractivity contribution is -0.138. The molecular formula is C33H24BrClN2O5S. The van der Waals surface area contributed by atoms with Crippen molar-refractivity contribution in [2.45, 2.75) is 13.0 Å². The van der Waals surface area contributed by atoms with Gasteiger partial charge in [-0.2, -0.15) is 0 Å². The minimum atomic E-state index is -0.782. The maximum Gasteiger partial charge on any atom is 0.338 e. The first-order valence-corrected chi connectivity index (χ1v) is 15.3. The van der Waals surface area contributed by atoms with Crippen molar-refractivity contribution in [3.05, 3.63) is 137 Å². The lowest BCUT2D eigenvalue weighted by Crippen LogP contribution is -2.40. The second kappa shape index (κ2) is 12.2. The van der Waals surface area contributed by atoms with Gasteiger partial charge < -0.3 is 13.9 Å². The molecule has 10 heteroatoms. The number of hydrogen-bond acceptors (Lipinski definition) is 7. The maximum atomic E-state index is 14.1. The number of ether oxygens (including phenoxy) is 2. The van der Waals surface area contributed by atoms with E-state index in [2.05, 4.69) is 15.9 Å². The molecule has 0 saturated carbocycles. The lowest BCUT2D eigenvalue weighted by Gasteiger charge is -2.26. The van der Waals surface area contributed by atoms with Crippen LogP contribution in [0.2, 0.25) is 5.02 Å². The first-order chi connectivity index (χ1) is 20.9. The Labute approximate surface area is 264 Å². The van der Waals surface area contributed by atoms with Gasteiger partial charge in [0.1, 0.15) is 17.3 Å². The van der Waals surface area contributed by atoms with Crippen LogP contribution in [-0.4, -0.2) is 24.3 Å². The van der Waals surface area contributed by atoms with Crippen LogP contribution in [0.25, 0.3) is 23.1 Å². The predicted molar refractivity (Wildman–Crippen MR) is 171 cm³/mol. The molecule has 0 aliphatic carbocycles. The van der Waals surface area contributed by atoms with Crippen LogP contribution in [0.3, 0.4) is 0 Å². The molecule has 43 heavy (non-hydrogen) atoms. The zero-order valence-electron chi connectivity index (χ0n) is 23.0. The third kappa shape index (κ3) is 5.63. The van der Waals surface area contributed by atoms with Crippen LogP contribution in [0.15, 0.2) is 109 Å². The largest absolute Gasteiger partial charge is 0.497 e. The number of hydrogen-bond donors (Lipinski definition) is 0. The minimum absolute atomic E-state index is 0.175. The van der Waals surface area contributed by atoms with Crippen molar-refractivity contribution in [2.75, 3.05) is 13.7 Å². The molecule has 0 fully saturated rings. The van der Waals surface area contributed by atoms with Gasteiger partial charge in [-0.1, -0.05) is 71.5 Å². The van der Waals surface area contributed by atoms with Crippen molar-refractivity contribution in [1.82, 2.24) is 4.57 Å². The zero-order chi connectivity index (χ0) is 30.1. The Morgan fingerprint density at radius 2 is 1.84 bits per heavy atom. The fourth-order valence-electron chi connectivity index (χ4n) is 4.91. The normalized spacial score (nSPS) is 14.8. The molecule has 1 aliphatic rings. The third-order valence-corrected chi connectivity index (χ3v) is 9.12. The molecule has 5 aromatic rings. The summed E-state index contributed by atoms with van der Waals surface area (Å²) >= 11 is 10.9. The summed E-state index contributed by atoms with van der Waals surface area (Å²) in [7, 11) is 1.58. The Morgan fingerprint density at radius 3 is 2.53 bits per heavy atom. The van der Waals surface area contributed by atoms with Crippen LogP contribution in [0.1, 0.15) is 29.9 Å². The summed E-state index contributed by atoms with van der Waals surface area (Å²) in [4.78, 5) is 33.0. The number of fused-ring (bicyclic) bond motifs is 1. The van der Waals surface area contributed by atoms with Crippen molar-refractivity contribution in [2.24, 2.45) is 4.99 Å². The molecule has 0 saturated heterocycles. The Morgan fingerprint density at radius 1 is 1.07 bits per heavy atom. The van der Waals surface area contributed by atoms with Crippen LogP contribution in [0.5, 0.6) is 5.75 Å². The van der Waals surface area contributed by atoms with E-state index in [1.54, 1.807) is 48.9 Å². The number of esters is 1. The van der Waals surface area contributed by atoms with Crippen LogP contribution >= 0.6 is 38.9 Å². The van der Waals surface area contributed by atoms with Gasteiger partial charge in [0.25, 0.3) is 5.56 Å². The SMILES string of the molecule is CCOC(=O)C1=C(c2ccccc2)N=c2s/c(=C\c3ccc(-c4ccc(Br)c(Cl)c4)o3)c(=O)n2[C@H]1c1ccc(OC)cc1. The number of carbonyl (C=O) groups is 1. The average Bonchev–Trinajstić information content (AvgIpc) is 3.62. The summed E-state index contributed by atoms with van der Waals surface area (Å²) in [6.07, 6.45) is 1.69. The Bertz CT molecular complexity index is 2050. The van der Waals surface area contributed by atoms with E-state index >= 15 is 0 Å². The Kier molecular flexibility index (Phi) is 8.21. The van der Waals surface area contributed by atoms with Crippen LogP contribution in [0.4, 0.5) is 0 Å². The molecule has 0 bridgehead atoms. The standard InChI is InChI=1S/C33H24BrClN2O5S/c1-3-41-32(39)28-29(19-7-5-4-6-8-19)36-33-37(30(28)20-9-12-22(40-2)13-10-20)31(38)27(43-33)18-23-14-16-26(42-23)21-11-15-24(34)25(35)17-21/h4-18,30H,3H2,1-2H3/b27-18-/t30-/m0/s1. The van der Waals surface area contributed by atoms with Crippen molar-refractivity contribution in [1.29, 1.82) is 0 Å². The molecule has 0 N–H and O–H groups in total. The first-order valence-electron chi connectivity index (χ1n) is 13.4. The molecular weight excluding hydrogens is 652 g/mol. The summed E-state index contributed by atoms with van der Waals surface area (Å²) in [5, 5.41) is 0.564. The molecule has 0 spiro atoms. The topological polar surface area (TPSA) is 83.0 Å². The van der Waals surface area contributed by atoms with E-state index < -0.39 is 12.0 Å². The highest BCUT2D eigenvalue weighted by Crippen LogP contribution is 2.36. The Hall–Kier alpha value is -4.18.